The Morgan fingerprint density at radius 3 is 2.50 bits per heavy atom. The average Bonchev–Trinajstić information content (AvgIpc) is 2.46. The average molecular weight is 167 g/mol. The highest BCUT2D eigenvalue weighted by Crippen LogP contribution is 2.43. The highest BCUT2D eigenvalue weighted by atomic mass is 14.9. The highest BCUT2D eigenvalue weighted by Gasteiger charge is 2.36. The Bertz CT molecular complexity index is 155. The third-order valence-corrected chi connectivity index (χ3v) is 3.98. The van der Waals surface area contributed by atoms with Gasteiger partial charge in [-0.15, -0.1) is 0 Å². The lowest BCUT2D eigenvalue weighted by molar-refractivity contribution is 0.220. The molecule has 4 unspecified atom stereocenters. The molecule has 0 saturated heterocycles. The molecule has 0 aliphatic heterocycles. The van der Waals surface area contributed by atoms with Gasteiger partial charge in [0.05, 0.1) is 0 Å². The summed E-state index contributed by atoms with van der Waals surface area (Å²) in [7, 11) is 2.12. The van der Waals surface area contributed by atoms with Crippen molar-refractivity contribution in [2.45, 2.75) is 45.1 Å². The van der Waals surface area contributed by atoms with Gasteiger partial charge in [-0.3, -0.25) is 0 Å². The van der Waals surface area contributed by atoms with Crippen molar-refractivity contribution >= 4 is 0 Å². The molecule has 2 rings (SSSR count). The molecular weight excluding hydrogens is 146 g/mol. The van der Waals surface area contributed by atoms with Crippen molar-refractivity contribution in [3.05, 3.63) is 0 Å². The van der Waals surface area contributed by atoms with E-state index in [-0.39, 0.29) is 0 Å². The van der Waals surface area contributed by atoms with E-state index in [2.05, 4.69) is 19.3 Å². The molecule has 0 bridgehead atoms. The van der Waals surface area contributed by atoms with Crippen molar-refractivity contribution in [2.24, 2.45) is 17.8 Å². The summed E-state index contributed by atoms with van der Waals surface area (Å²) in [5.74, 6) is 3.13. The number of hydrogen-bond donors (Lipinski definition) is 1. The van der Waals surface area contributed by atoms with E-state index in [1.54, 1.807) is 0 Å². The van der Waals surface area contributed by atoms with E-state index >= 15 is 0 Å². The second kappa shape index (κ2) is 3.37. The summed E-state index contributed by atoms with van der Waals surface area (Å²) in [4.78, 5) is 0. The number of nitrogens with one attached hydrogen (secondary N) is 1. The Hall–Kier alpha value is -0.0400. The molecule has 0 amide bonds. The summed E-state index contributed by atoms with van der Waals surface area (Å²) in [6, 6.07) is 0.838. The molecular formula is C11H21N. The van der Waals surface area contributed by atoms with E-state index in [0.29, 0.717) is 0 Å². The van der Waals surface area contributed by atoms with Crippen molar-refractivity contribution in [1.82, 2.24) is 5.32 Å². The standard InChI is InChI=1S/C11H21N/c1-8-3-4-9-6-11(12-2)7-10(9)5-8/h8-12H,3-7H2,1-2H3. The molecule has 1 nitrogen and oxygen atoms in total. The fraction of sp³-hybridized carbons (Fsp3) is 1.00. The largest absolute Gasteiger partial charge is 0.317 e. The third kappa shape index (κ3) is 1.52. The molecule has 2 fully saturated rings. The quantitative estimate of drug-likeness (QED) is 0.632. The summed E-state index contributed by atoms with van der Waals surface area (Å²) < 4.78 is 0. The lowest BCUT2D eigenvalue weighted by Gasteiger charge is -2.29. The van der Waals surface area contributed by atoms with Crippen LogP contribution in [0.5, 0.6) is 0 Å². The molecule has 1 heteroatoms. The molecule has 0 spiro atoms. The Balaban J connectivity index is 1.93. The van der Waals surface area contributed by atoms with Crippen LogP contribution in [-0.2, 0) is 0 Å². The van der Waals surface area contributed by atoms with Gasteiger partial charge in [0.15, 0.2) is 0 Å². The summed E-state index contributed by atoms with van der Waals surface area (Å²) in [5, 5.41) is 3.44. The Morgan fingerprint density at radius 1 is 1.00 bits per heavy atom. The Kier molecular flexibility index (Phi) is 2.40. The minimum atomic E-state index is 0.838. The maximum absolute atomic E-state index is 3.44. The van der Waals surface area contributed by atoms with Gasteiger partial charge in [-0.1, -0.05) is 13.3 Å². The second-order valence-electron chi connectivity index (χ2n) is 4.90. The first kappa shape index (κ1) is 8.55. The van der Waals surface area contributed by atoms with Crippen LogP contribution in [0.25, 0.3) is 0 Å². The molecule has 2 aliphatic rings. The van der Waals surface area contributed by atoms with Crippen molar-refractivity contribution in [3.63, 3.8) is 0 Å². The summed E-state index contributed by atoms with van der Waals surface area (Å²) in [5.41, 5.74) is 0. The minimum Gasteiger partial charge on any atom is -0.317 e. The van der Waals surface area contributed by atoms with Gasteiger partial charge < -0.3 is 5.32 Å². The zero-order valence-electron chi connectivity index (χ0n) is 8.34. The molecule has 2 saturated carbocycles. The maximum Gasteiger partial charge on any atom is 0.00695 e. The fourth-order valence-electron chi connectivity index (χ4n) is 3.22. The molecule has 0 aromatic carbocycles. The Morgan fingerprint density at radius 2 is 1.75 bits per heavy atom. The molecule has 12 heavy (non-hydrogen) atoms. The monoisotopic (exact) mass is 167 g/mol. The lowest BCUT2D eigenvalue weighted by atomic mass is 9.77. The van der Waals surface area contributed by atoms with Crippen LogP contribution in [0.4, 0.5) is 0 Å². The predicted octanol–water partition coefficient (Wildman–Crippen LogP) is 2.42. The van der Waals surface area contributed by atoms with Gasteiger partial charge in [0.25, 0.3) is 0 Å². The molecule has 0 heterocycles. The molecule has 0 aromatic heterocycles. The number of fused-ring (bicyclic) bond motifs is 1. The molecule has 4 atom stereocenters. The van der Waals surface area contributed by atoms with Crippen molar-refractivity contribution in [1.29, 1.82) is 0 Å². The van der Waals surface area contributed by atoms with E-state index in [1.165, 1.54) is 32.1 Å². The van der Waals surface area contributed by atoms with Crippen LogP contribution in [0.2, 0.25) is 0 Å². The van der Waals surface area contributed by atoms with Crippen molar-refractivity contribution in [2.75, 3.05) is 7.05 Å². The summed E-state index contributed by atoms with van der Waals surface area (Å²) in [6.07, 6.45) is 7.39. The summed E-state index contributed by atoms with van der Waals surface area (Å²) in [6.45, 7) is 2.42. The number of hydrogen-bond acceptors (Lipinski definition) is 1. The molecule has 0 radical (unpaired) electrons. The van der Waals surface area contributed by atoms with Gasteiger partial charge >= 0.3 is 0 Å². The Labute approximate surface area is 75.9 Å². The van der Waals surface area contributed by atoms with Crippen LogP contribution in [0.3, 0.4) is 0 Å². The second-order valence-corrected chi connectivity index (χ2v) is 4.90. The molecule has 70 valence electrons. The fourth-order valence-corrected chi connectivity index (χ4v) is 3.22. The van der Waals surface area contributed by atoms with Gasteiger partial charge in [-0.2, -0.15) is 0 Å². The molecule has 1 N–H and O–H groups in total. The van der Waals surface area contributed by atoms with Crippen LogP contribution in [0.1, 0.15) is 39.0 Å². The third-order valence-electron chi connectivity index (χ3n) is 3.98. The van der Waals surface area contributed by atoms with E-state index in [0.717, 1.165) is 23.8 Å². The predicted molar refractivity (Wildman–Crippen MR) is 52.1 cm³/mol. The molecule has 2 aliphatic carbocycles. The first-order chi connectivity index (χ1) is 5.79. The van der Waals surface area contributed by atoms with Gasteiger partial charge in [-0.05, 0) is 50.5 Å². The maximum atomic E-state index is 3.44. The van der Waals surface area contributed by atoms with Crippen LogP contribution < -0.4 is 5.32 Å². The normalized spacial score (nSPS) is 47.5. The van der Waals surface area contributed by atoms with Crippen LogP contribution >= 0.6 is 0 Å². The van der Waals surface area contributed by atoms with Crippen molar-refractivity contribution < 1.29 is 0 Å². The molecule has 0 aromatic rings. The summed E-state index contributed by atoms with van der Waals surface area (Å²) >= 11 is 0. The van der Waals surface area contributed by atoms with E-state index in [9.17, 15) is 0 Å². The van der Waals surface area contributed by atoms with Crippen LogP contribution in [0, 0.1) is 17.8 Å². The van der Waals surface area contributed by atoms with Gasteiger partial charge in [-0.25, -0.2) is 0 Å². The minimum absolute atomic E-state index is 0.838. The highest BCUT2D eigenvalue weighted by molar-refractivity contribution is 4.90. The van der Waals surface area contributed by atoms with Gasteiger partial charge in [0.2, 0.25) is 0 Å². The van der Waals surface area contributed by atoms with Crippen LogP contribution in [-0.4, -0.2) is 13.1 Å². The number of rotatable bonds is 1. The van der Waals surface area contributed by atoms with Crippen LogP contribution in [0.15, 0.2) is 0 Å². The topological polar surface area (TPSA) is 12.0 Å². The first-order valence-corrected chi connectivity index (χ1v) is 5.47. The lowest BCUT2D eigenvalue weighted by Crippen LogP contribution is -2.21. The van der Waals surface area contributed by atoms with E-state index < -0.39 is 0 Å². The first-order valence-electron chi connectivity index (χ1n) is 5.47. The van der Waals surface area contributed by atoms with Gasteiger partial charge in [0.1, 0.15) is 0 Å². The zero-order valence-corrected chi connectivity index (χ0v) is 8.34. The van der Waals surface area contributed by atoms with Crippen molar-refractivity contribution in [3.8, 4) is 0 Å². The van der Waals surface area contributed by atoms with E-state index in [4.69, 9.17) is 0 Å². The SMILES string of the molecule is CNC1CC2CCC(C)CC2C1. The van der Waals surface area contributed by atoms with Gasteiger partial charge in [0, 0.05) is 6.04 Å². The smallest absolute Gasteiger partial charge is 0.00695 e. The zero-order chi connectivity index (χ0) is 8.55. The van der Waals surface area contributed by atoms with E-state index in [1.807, 2.05) is 0 Å².